The third-order valence-corrected chi connectivity index (χ3v) is 7.57. The second-order valence-corrected chi connectivity index (χ2v) is 10.1. The van der Waals surface area contributed by atoms with Gasteiger partial charge in [0.2, 0.25) is 0 Å². The van der Waals surface area contributed by atoms with Crippen LogP contribution in [0.4, 0.5) is 0 Å². The molecule has 1 aliphatic heterocycles. The maximum absolute atomic E-state index is 13.8. The molecule has 0 saturated carbocycles. The molecule has 9 nitrogen and oxygen atoms in total. The number of ether oxygens (including phenoxy) is 2. The van der Waals surface area contributed by atoms with Crippen molar-refractivity contribution in [1.82, 2.24) is 4.57 Å². The van der Waals surface area contributed by atoms with Crippen LogP contribution < -0.4 is 19.6 Å². The molecule has 4 aromatic rings. The van der Waals surface area contributed by atoms with Gasteiger partial charge >= 0.3 is 11.9 Å². The molecule has 2 aromatic heterocycles. The molecule has 3 heterocycles. The Hall–Kier alpha value is -4.70. The van der Waals surface area contributed by atoms with Gasteiger partial charge in [-0.25, -0.2) is 14.6 Å². The molecule has 2 aromatic carbocycles. The number of nitrogens with zero attached hydrogens (tertiary/aromatic N) is 2. The van der Waals surface area contributed by atoms with Crippen molar-refractivity contribution in [2.75, 3.05) is 13.7 Å². The fourth-order valence-corrected chi connectivity index (χ4v) is 5.70. The van der Waals surface area contributed by atoms with Gasteiger partial charge in [0.25, 0.3) is 5.56 Å². The molecule has 0 amide bonds. The van der Waals surface area contributed by atoms with Crippen molar-refractivity contribution >= 4 is 29.4 Å². The van der Waals surface area contributed by atoms with Crippen LogP contribution in [0, 0.1) is 6.92 Å². The second-order valence-electron chi connectivity index (χ2n) is 9.11. The number of aromatic nitrogens is 1. The number of carbonyl (C=O) groups is 2. The first-order chi connectivity index (χ1) is 19.2. The van der Waals surface area contributed by atoms with E-state index in [9.17, 15) is 19.5 Å². The summed E-state index contributed by atoms with van der Waals surface area (Å²) in [7, 11) is 1.57. The number of hydrogen-bond donors (Lipinski definition) is 1. The summed E-state index contributed by atoms with van der Waals surface area (Å²) in [5, 5.41) is 9.24. The van der Waals surface area contributed by atoms with Crippen LogP contribution in [0.5, 0.6) is 5.75 Å². The Balaban J connectivity index is 1.60. The lowest BCUT2D eigenvalue weighted by molar-refractivity contribution is -0.139. The molecular formula is C30H26N2O7S. The van der Waals surface area contributed by atoms with Gasteiger partial charge < -0.3 is 19.0 Å². The summed E-state index contributed by atoms with van der Waals surface area (Å²) in [6.07, 6.45) is 1.64. The predicted molar refractivity (Wildman–Crippen MR) is 149 cm³/mol. The molecule has 0 fully saturated rings. The summed E-state index contributed by atoms with van der Waals surface area (Å²) in [5.74, 6) is 0.114. The van der Waals surface area contributed by atoms with Crippen molar-refractivity contribution in [1.29, 1.82) is 0 Å². The predicted octanol–water partition coefficient (Wildman–Crippen LogP) is 4.07. The quantitative estimate of drug-likeness (QED) is 0.340. The fourth-order valence-electron chi connectivity index (χ4n) is 4.67. The Morgan fingerprint density at radius 2 is 1.88 bits per heavy atom. The van der Waals surface area contributed by atoms with E-state index >= 15 is 0 Å². The normalized spacial score (nSPS) is 15.0. The fraction of sp³-hybridized carbons (Fsp3) is 0.200. The van der Waals surface area contributed by atoms with Gasteiger partial charge in [-0.3, -0.25) is 9.36 Å². The summed E-state index contributed by atoms with van der Waals surface area (Å²) in [5.41, 5.74) is 2.87. The highest BCUT2D eigenvalue weighted by Gasteiger charge is 2.33. The second kappa shape index (κ2) is 10.8. The molecule has 1 N–H and O–H groups in total. The Morgan fingerprint density at radius 1 is 1.12 bits per heavy atom. The van der Waals surface area contributed by atoms with Gasteiger partial charge in [0.05, 0.1) is 41.1 Å². The molecule has 1 aliphatic rings. The lowest BCUT2D eigenvalue weighted by Gasteiger charge is -2.24. The van der Waals surface area contributed by atoms with Crippen molar-refractivity contribution in [3.8, 4) is 17.1 Å². The number of aromatic carboxylic acids is 1. The van der Waals surface area contributed by atoms with Crippen LogP contribution >= 0.6 is 11.3 Å². The smallest absolute Gasteiger partial charge is 0.338 e. The molecule has 1 atom stereocenters. The molecule has 5 rings (SSSR count). The number of methoxy groups -OCH3 is 1. The van der Waals surface area contributed by atoms with Gasteiger partial charge in [-0.05, 0) is 68.3 Å². The van der Waals surface area contributed by atoms with E-state index in [2.05, 4.69) is 4.99 Å². The zero-order valence-corrected chi connectivity index (χ0v) is 23.1. The van der Waals surface area contributed by atoms with Gasteiger partial charge in [-0.1, -0.05) is 29.5 Å². The van der Waals surface area contributed by atoms with E-state index in [-0.39, 0.29) is 17.7 Å². The van der Waals surface area contributed by atoms with E-state index in [1.54, 1.807) is 63.4 Å². The van der Waals surface area contributed by atoms with Crippen molar-refractivity contribution in [3.63, 3.8) is 0 Å². The van der Waals surface area contributed by atoms with Crippen LogP contribution in [0.1, 0.15) is 47.1 Å². The molecule has 0 bridgehead atoms. The molecule has 0 radical (unpaired) electrons. The highest BCUT2D eigenvalue weighted by molar-refractivity contribution is 7.07. The van der Waals surface area contributed by atoms with E-state index in [1.807, 2.05) is 19.1 Å². The minimum Gasteiger partial charge on any atom is -0.497 e. The van der Waals surface area contributed by atoms with Crippen LogP contribution in [0.3, 0.4) is 0 Å². The number of benzene rings is 2. The van der Waals surface area contributed by atoms with E-state index in [1.165, 1.54) is 22.0 Å². The highest BCUT2D eigenvalue weighted by atomic mass is 32.1. The number of carboxylic acid groups (broad SMARTS) is 1. The average Bonchev–Trinajstić information content (AvgIpc) is 3.52. The first-order valence-corrected chi connectivity index (χ1v) is 13.3. The minimum atomic E-state index is -1.00. The van der Waals surface area contributed by atoms with Crippen LogP contribution in [0.25, 0.3) is 17.4 Å². The summed E-state index contributed by atoms with van der Waals surface area (Å²) < 4.78 is 18.5. The lowest BCUT2D eigenvalue weighted by Crippen LogP contribution is -2.39. The Bertz CT molecular complexity index is 1840. The third kappa shape index (κ3) is 4.89. The maximum atomic E-state index is 13.8. The van der Waals surface area contributed by atoms with Gasteiger partial charge in [0.15, 0.2) is 4.80 Å². The number of fused-ring (bicyclic) bond motifs is 1. The maximum Gasteiger partial charge on any atom is 0.338 e. The molecule has 40 heavy (non-hydrogen) atoms. The van der Waals surface area contributed by atoms with Crippen LogP contribution in [0.15, 0.2) is 80.1 Å². The van der Waals surface area contributed by atoms with E-state index in [0.29, 0.717) is 43.4 Å². The number of thiazole rings is 1. The monoisotopic (exact) mass is 558 g/mol. The number of carboxylic acids is 1. The standard InChI is InChI=1S/C30H26N2O7S/c1-5-38-29(36)25-17(3)31-30-32(26(25)18-6-9-20(37-4)10-7-18)27(33)24(40-30)15-21-11-13-23(39-21)22-12-8-19(28(34)35)14-16(22)2/h6-15,26H,5H2,1-4H3,(H,34,35)/b24-15+. The Labute approximate surface area is 232 Å². The molecule has 10 heteroatoms. The van der Waals surface area contributed by atoms with Crippen molar-refractivity contribution in [3.05, 3.63) is 108 Å². The van der Waals surface area contributed by atoms with Crippen LogP contribution in [0.2, 0.25) is 0 Å². The topological polar surface area (TPSA) is 120 Å². The van der Waals surface area contributed by atoms with Crippen LogP contribution in [-0.2, 0) is 9.53 Å². The summed E-state index contributed by atoms with van der Waals surface area (Å²) >= 11 is 1.20. The van der Waals surface area contributed by atoms with E-state index in [4.69, 9.17) is 13.9 Å². The Kier molecular flexibility index (Phi) is 7.27. The number of allylic oxidation sites excluding steroid dienone is 1. The van der Waals surface area contributed by atoms with Crippen LogP contribution in [-0.4, -0.2) is 35.3 Å². The number of esters is 1. The number of aryl methyl sites for hydroxylation is 1. The molecule has 204 valence electrons. The first kappa shape index (κ1) is 26.9. The highest BCUT2D eigenvalue weighted by Crippen LogP contribution is 2.32. The number of furan rings is 1. The zero-order valence-electron chi connectivity index (χ0n) is 22.3. The molecular weight excluding hydrogens is 532 g/mol. The van der Waals surface area contributed by atoms with Crippen molar-refractivity contribution in [2.45, 2.75) is 26.8 Å². The molecule has 0 saturated heterocycles. The van der Waals surface area contributed by atoms with Gasteiger partial charge in [0.1, 0.15) is 17.3 Å². The molecule has 0 aliphatic carbocycles. The number of carbonyl (C=O) groups excluding carboxylic acids is 1. The van der Waals surface area contributed by atoms with Crippen molar-refractivity contribution < 1.29 is 28.6 Å². The summed E-state index contributed by atoms with van der Waals surface area (Å²) in [6, 6.07) is 14.8. The van der Waals surface area contributed by atoms with Gasteiger partial charge in [-0.15, -0.1) is 0 Å². The number of hydrogen-bond acceptors (Lipinski definition) is 8. The zero-order chi connectivity index (χ0) is 28.6. The largest absolute Gasteiger partial charge is 0.497 e. The van der Waals surface area contributed by atoms with Gasteiger partial charge in [0, 0.05) is 11.6 Å². The van der Waals surface area contributed by atoms with E-state index in [0.717, 1.165) is 11.1 Å². The molecule has 1 unspecified atom stereocenters. The Morgan fingerprint density at radius 3 is 2.52 bits per heavy atom. The van der Waals surface area contributed by atoms with Gasteiger partial charge in [-0.2, -0.15) is 0 Å². The SMILES string of the molecule is CCOC(=O)C1=C(C)N=c2s/c(=C/c3ccc(-c4ccc(C(=O)O)cc4C)o3)c(=O)n2C1c1ccc(OC)cc1. The third-order valence-electron chi connectivity index (χ3n) is 6.59. The van der Waals surface area contributed by atoms with E-state index < -0.39 is 18.0 Å². The average molecular weight is 559 g/mol. The lowest BCUT2D eigenvalue weighted by atomic mass is 9.96. The summed E-state index contributed by atoms with van der Waals surface area (Å²) in [6.45, 7) is 5.46. The molecule has 0 spiro atoms. The minimum absolute atomic E-state index is 0.189. The number of rotatable bonds is 7. The van der Waals surface area contributed by atoms with Crippen molar-refractivity contribution in [2.24, 2.45) is 4.99 Å². The summed E-state index contributed by atoms with van der Waals surface area (Å²) in [4.78, 5) is 43.1. The first-order valence-electron chi connectivity index (χ1n) is 12.5.